The molecule has 0 bridgehead atoms. The van der Waals surface area contributed by atoms with Gasteiger partial charge in [0.15, 0.2) is 0 Å². The first-order valence-corrected chi connectivity index (χ1v) is 8.70. The van der Waals surface area contributed by atoms with Crippen LogP contribution in [0.2, 0.25) is 0 Å². The monoisotopic (exact) mass is 265 g/mol. The number of nitrogens with one attached hydrogen (secondary N) is 1. The molecule has 0 radical (unpaired) electrons. The summed E-state index contributed by atoms with van der Waals surface area (Å²) in [5.74, 6) is 0.978. The lowest BCUT2D eigenvalue weighted by Crippen LogP contribution is -2.49. The molecule has 2 aliphatic carbocycles. The van der Waals surface area contributed by atoms with Gasteiger partial charge in [-0.05, 0) is 44.4 Å². The molecule has 3 unspecified atom stereocenters. The lowest BCUT2D eigenvalue weighted by molar-refractivity contribution is -0.0853. The molecular weight excluding hydrogens is 234 g/mol. The Balaban J connectivity index is 1.51. The molecule has 3 aliphatic rings. The van der Waals surface area contributed by atoms with Gasteiger partial charge in [0.2, 0.25) is 0 Å². The van der Waals surface area contributed by atoms with Gasteiger partial charge >= 0.3 is 0 Å². The van der Waals surface area contributed by atoms with Crippen molar-refractivity contribution < 1.29 is 4.74 Å². The van der Waals surface area contributed by atoms with Crippen molar-refractivity contribution in [3.8, 4) is 0 Å². The van der Waals surface area contributed by atoms with Gasteiger partial charge in [0.1, 0.15) is 0 Å². The lowest BCUT2D eigenvalue weighted by atomic mass is 9.82. The number of hydrogen-bond donors (Lipinski definition) is 1. The van der Waals surface area contributed by atoms with Gasteiger partial charge < -0.3 is 10.1 Å². The van der Waals surface area contributed by atoms with E-state index in [1.807, 2.05) is 0 Å². The SMILES string of the molecule is CCC1CCCC(NC2CCOC3(CCCC3)C2)C1. The minimum absolute atomic E-state index is 0.273. The fourth-order valence-corrected chi connectivity index (χ4v) is 4.68. The summed E-state index contributed by atoms with van der Waals surface area (Å²) in [6, 6.07) is 1.52. The fourth-order valence-electron chi connectivity index (χ4n) is 4.68. The number of rotatable bonds is 3. The topological polar surface area (TPSA) is 21.3 Å². The summed E-state index contributed by atoms with van der Waals surface area (Å²) < 4.78 is 6.15. The molecule has 0 aromatic carbocycles. The second-order valence-corrected chi connectivity index (χ2v) is 7.23. The Morgan fingerprint density at radius 1 is 1.05 bits per heavy atom. The molecular formula is C17H31NO. The molecule has 3 fully saturated rings. The van der Waals surface area contributed by atoms with Crippen LogP contribution in [0.3, 0.4) is 0 Å². The second-order valence-electron chi connectivity index (χ2n) is 7.23. The minimum Gasteiger partial charge on any atom is -0.375 e. The van der Waals surface area contributed by atoms with E-state index in [1.54, 1.807) is 0 Å². The van der Waals surface area contributed by atoms with Crippen LogP contribution >= 0.6 is 0 Å². The van der Waals surface area contributed by atoms with Crippen LogP contribution in [0.4, 0.5) is 0 Å². The molecule has 1 saturated heterocycles. The molecule has 3 atom stereocenters. The Kier molecular flexibility index (Phi) is 4.48. The highest BCUT2D eigenvalue weighted by atomic mass is 16.5. The molecule has 3 rings (SSSR count). The standard InChI is InChI=1S/C17H31NO/c1-2-14-6-5-7-15(12-14)18-16-8-11-19-17(13-16)9-3-4-10-17/h14-16,18H,2-13H2,1H3. The first kappa shape index (κ1) is 13.9. The smallest absolute Gasteiger partial charge is 0.0697 e. The minimum atomic E-state index is 0.273. The van der Waals surface area contributed by atoms with E-state index in [2.05, 4.69) is 12.2 Å². The van der Waals surface area contributed by atoms with Gasteiger partial charge in [0.05, 0.1) is 5.60 Å². The Morgan fingerprint density at radius 2 is 1.89 bits per heavy atom. The molecule has 19 heavy (non-hydrogen) atoms. The van der Waals surface area contributed by atoms with Crippen LogP contribution in [0.5, 0.6) is 0 Å². The van der Waals surface area contributed by atoms with Crippen LogP contribution in [-0.2, 0) is 4.74 Å². The number of hydrogen-bond acceptors (Lipinski definition) is 2. The normalized spacial score (nSPS) is 38.7. The molecule has 2 heteroatoms. The Hall–Kier alpha value is -0.0800. The van der Waals surface area contributed by atoms with Crippen molar-refractivity contribution in [2.45, 2.75) is 95.2 Å². The van der Waals surface area contributed by atoms with Crippen LogP contribution in [-0.4, -0.2) is 24.3 Å². The van der Waals surface area contributed by atoms with Crippen molar-refractivity contribution in [1.29, 1.82) is 0 Å². The van der Waals surface area contributed by atoms with Gasteiger partial charge in [-0.15, -0.1) is 0 Å². The highest BCUT2D eigenvalue weighted by Crippen LogP contribution is 2.40. The lowest BCUT2D eigenvalue weighted by Gasteiger charge is -2.41. The van der Waals surface area contributed by atoms with Crippen molar-refractivity contribution in [3.63, 3.8) is 0 Å². The van der Waals surface area contributed by atoms with E-state index in [0.717, 1.165) is 24.6 Å². The quantitative estimate of drug-likeness (QED) is 0.831. The van der Waals surface area contributed by atoms with Crippen molar-refractivity contribution >= 4 is 0 Å². The first-order chi connectivity index (χ1) is 9.30. The summed E-state index contributed by atoms with van der Waals surface area (Å²) in [6.07, 6.45) is 15.0. The zero-order valence-corrected chi connectivity index (χ0v) is 12.6. The van der Waals surface area contributed by atoms with Gasteiger partial charge in [-0.25, -0.2) is 0 Å². The van der Waals surface area contributed by atoms with Gasteiger partial charge in [-0.2, -0.15) is 0 Å². The van der Waals surface area contributed by atoms with Crippen LogP contribution < -0.4 is 5.32 Å². The maximum absolute atomic E-state index is 6.15. The summed E-state index contributed by atoms with van der Waals surface area (Å²) in [5.41, 5.74) is 0.273. The average molecular weight is 265 g/mol. The molecule has 0 aromatic heterocycles. The van der Waals surface area contributed by atoms with Crippen molar-refractivity contribution in [3.05, 3.63) is 0 Å². The van der Waals surface area contributed by atoms with Gasteiger partial charge in [-0.3, -0.25) is 0 Å². The van der Waals surface area contributed by atoms with E-state index in [1.165, 1.54) is 70.6 Å². The summed E-state index contributed by atoms with van der Waals surface area (Å²) in [6.45, 7) is 3.34. The third-order valence-corrected chi connectivity index (χ3v) is 5.84. The molecule has 2 saturated carbocycles. The summed E-state index contributed by atoms with van der Waals surface area (Å²) in [4.78, 5) is 0. The molecule has 1 spiro atoms. The van der Waals surface area contributed by atoms with Crippen LogP contribution in [0.1, 0.15) is 77.6 Å². The zero-order valence-electron chi connectivity index (χ0n) is 12.6. The zero-order chi connectivity index (χ0) is 13.1. The maximum atomic E-state index is 6.15. The van der Waals surface area contributed by atoms with E-state index >= 15 is 0 Å². The predicted molar refractivity (Wildman–Crippen MR) is 79.3 cm³/mol. The van der Waals surface area contributed by atoms with E-state index in [-0.39, 0.29) is 5.60 Å². The van der Waals surface area contributed by atoms with Crippen LogP contribution in [0, 0.1) is 5.92 Å². The Morgan fingerprint density at radius 3 is 2.68 bits per heavy atom. The second kappa shape index (κ2) is 6.13. The van der Waals surface area contributed by atoms with Gasteiger partial charge in [-0.1, -0.05) is 39.0 Å². The molecule has 1 N–H and O–H groups in total. The van der Waals surface area contributed by atoms with E-state index in [0.29, 0.717) is 0 Å². The van der Waals surface area contributed by atoms with Gasteiger partial charge in [0.25, 0.3) is 0 Å². The average Bonchev–Trinajstić information content (AvgIpc) is 2.87. The summed E-state index contributed by atoms with van der Waals surface area (Å²) in [5, 5.41) is 3.99. The van der Waals surface area contributed by atoms with E-state index < -0.39 is 0 Å². The van der Waals surface area contributed by atoms with Crippen LogP contribution in [0.15, 0.2) is 0 Å². The van der Waals surface area contributed by atoms with Crippen molar-refractivity contribution in [2.24, 2.45) is 5.92 Å². The fraction of sp³-hybridized carbons (Fsp3) is 1.00. The molecule has 0 aromatic rings. The first-order valence-electron chi connectivity index (χ1n) is 8.70. The van der Waals surface area contributed by atoms with E-state index in [4.69, 9.17) is 4.74 Å². The molecule has 2 nitrogen and oxygen atoms in total. The molecule has 1 aliphatic heterocycles. The highest BCUT2D eigenvalue weighted by molar-refractivity contribution is 4.94. The molecule has 0 amide bonds. The third-order valence-electron chi connectivity index (χ3n) is 5.84. The third kappa shape index (κ3) is 3.33. The maximum Gasteiger partial charge on any atom is 0.0697 e. The van der Waals surface area contributed by atoms with Crippen molar-refractivity contribution in [2.75, 3.05) is 6.61 Å². The van der Waals surface area contributed by atoms with Crippen molar-refractivity contribution in [1.82, 2.24) is 5.32 Å². The number of ether oxygens (including phenoxy) is 1. The Bertz CT molecular complexity index is 285. The van der Waals surface area contributed by atoms with Gasteiger partial charge in [0, 0.05) is 18.7 Å². The predicted octanol–water partition coefficient (Wildman–Crippen LogP) is 4.04. The largest absolute Gasteiger partial charge is 0.375 e. The van der Waals surface area contributed by atoms with Crippen LogP contribution in [0.25, 0.3) is 0 Å². The molecule has 110 valence electrons. The Labute approximate surface area is 118 Å². The summed E-state index contributed by atoms with van der Waals surface area (Å²) in [7, 11) is 0. The van der Waals surface area contributed by atoms with E-state index in [9.17, 15) is 0 Å². The highest BCUT2D eigenvalue weighted by Gasteiger charge is 2.40. The molecule has 1 heterocycles. The summed E-state index contributed by atoms with van der Waals surface area (Å²) >= 11 is 0.